The molecule has 3 aromatic carbocycles. The molecule has 0 saturated carbocycles. The number of nitrogens with zero attached hydrogens (tertiary/aromatic N) is 1. The van der Waals surface area contributed by atoms with Crippen LogP contribution in [0.4, 0.5) is 0 Å². The Morgan fingerprint density at radius 1 is 0.824 bits per heavy atom. The molecule has 0 aliphatic carbocycles. The molecule has 0 bridgehead atoms. The minimum absolute atomic E-state index is 0.00188. The van der Waals surface area contributed by atoms with Gasteiger partial charge in [0.25, 0.3) is 0 Å². The molecule has 0 aliphatic heterocycles. The predicted molar refractivity (Wildman–Crippen MR) is 133 cm³/mol. The second-order valence-corrected chi connectivity index (χ2v) is 9.30. The molecular weight excluding hydrogens is 452 g/mol. The minimum Gasteiger partial charge on any atom is -0.495 e. The Morgan fingerprint density at radius 2 is 1.50 bits per heavy atom. The monoisotopic (exact) mass is 484 g/mol. The van der Waals surface area contributed by atoms with Crippen LogP contribution in [0.1, 0.15) is 18.1 Å². The average Bonchev–Trinajstić information content (AvgIpc) is 2.83. The summed E-state index contributed by atoms with van der Waals surface area (Å²) >= 11 is 0. The number of sulfonamides is 1. The zero-order chi connectivity index (χ0) is 24.4. The predicted octanol–water partition coefficient (Wildman–Crippen LogP) is 3.87. The van der Waals surface area contributed by atoms with Crippen molar-refractivity contribution in [3.63, 3.8) is 0 Å². The first-order valence-corrected chi connectivity index (χ1v) is 12.8. The molecule has 0 heterocycles. The van der Waals surface area contributed by atoms with Crippen LogP contribution in [0.25, 0.3) is 0 Å². The van der Waals surface area contributed by atoms with Crippen LogP contribution >= 0.6 is 0 Å². The quantitative estimate of drug-likeness (QED) is 0.396. The molecule has 0 radical (unpaired) electrons. The van der Waals surface area contributed by atoms with Crippen molar-refractivity contribution in [3.8, 4) is 17.2 Å². The van der Waals surface area contributed by atoms with Crippen molar-refractivity contribution >= 4 is 10.0 Å². The van der Waals surface area contributed by atoms with Crippen LogP contribution in [0, 0.1) is 0 Å². The fourth-order valence-electron chi connectivity index (χ4n) is 3.63. The number of hydrogen-bond acceptors (Lipinski definition) is 6. The Bertz CT molecular complexity index is 1150. The van der Waals surface area contributed by atoms with E-state index >= 15 is 0 Å². The Hall–Kier alpha value is -3.07. The third-order valence-electron chi connectivity index (χ3n) is 5.31. The molecule has 0 saturated heterocycles. The molecule has 0 spiro atoms. The molecule has 182 valence electrons. The van der Waals surface area contributed by atoms with Gasteiger partial charge in [0.05, 0.1) is 13.7 Å². The van der Waals surface area contributed by atoms with Gasteiger partial charge in [0.2, 0.25) is 10.0 Å². The number of hydrogen-bond donors (Lipinski definition) is 1. The smallest absolute Gasteiger partial charge is 0.241 e. The van der Waals surface area contributed by atoms with E-state index in [1.807, 2.05) is 55.5 Å². The maximum atomic E-state index is 12.0. The lowest BCUT2D eigenvalue weighted by atomic mass is 10.1. The summed E-state index contributed by atoms with van der Waals surface area (Å²) < 4.78 is 40.7. The molecule has 2 N–H and O–H groups in total. The van der Waals surface area contributed by atoms with E-state index < -0.39 is 10.0 Å². The third-order valence-corrected chi connectivity index (χ3v) is 6.25. The van der Waals surface area contributed by atoms with E-state index in [1.54, 1.807) is 12.1 Å². The summed E-state index contributed by atoms with van der Waals surface area (Å²) in [6.45, 7) is 5.15. The Kier molecular flexibility index (Phi) is 9.33. The first kappa shape index (κ1) is 25.6. The van der Waals surface area contributed by atoms with Crippen molar-refractivity contribution in [2.24, 2.45) is 5.14 Å². The molecule has 0 unspecified atom stereocenters. The first-order chi connectivity index (χ1) is 16.4. The van der Waals surface area contributed by atoms with Crippen LogP contribution in [0.2, 0.25) is 0 Å². The molecule has 8 heteroatoms. The fraction of sp³-hybridized carbons (Fsp3) is 0.308. The van der Waals surface area contributed by atoms with Gasteiger partial charge in [0, 0.05) is 19.6 Å². The highest BCUT2D eigenvalue weighted by Gasteiger charge is 2.16. The number of primary sulfonamides is 1. The molecule has 3 aromatic rings. The lowest BCUT2D eigenvalue weighted by Gasteiger charge is -2.23. The van der Waals surface area contributed by atoms with E-state index in [0.29, 0.717) is 32.7 Å². The highest BCUT2D eigenvalue weighted by atomic mass is 32.2. The summed E-state index contributed by atoms with van der Waals surface area (Å²) in [6, 6.07) is 22.9. The standard InChI is InChI=1S/C26H32N2O5S/c1-3-32-23-11-7-8-12-24(23)33-18-17-28(20-22-9-5-4-6-10-22)16-15-21-13-14-25(31-2)26(19-21)34(27,29)30/h4-14,19H,3,15-18,20H2,1-2H3,(H2,27,29,30). The Balaban J connectivity index is 1.69. The van der Waals surface area contributed by atoms with Gasteiger partial charge in [-0.05, 0) is 48.7 Å². The SMILES string of the molecule is CCOc1ccccc1OCCN(CCc1ccc(OC)c(S(N)(=O)=O)c1)Cc1ccccc1. The number of benzene rings is 3. The maximum absolute atomic E-state index is 12.0. The molecule has 0 aliphatic rings. The van der Waals surface area contributed by atoms with Crippen LogP contribution in [-0.4, -0.2) is 46.7 Å². The van der Waals surface area contributed by atoms with E-state index in [-0.39, 0.29) is 10.6 Å². The van der Waals surface area contributed by atoms with Crippen LogP contribution in [0.5, 0.6) is 17.2 Å². The lowest BCUT2D eigenvalue weighted by molar-refractivity contribution is 0.198. The van der Waals surface area contributed by atoms with Gasteiger partial charge >= 0.3 is 0 Å². The van der Waals surface area contributed by atoms with E-state index in [2.05, 4.69) is 17.0 Å². The average molecular weight is 485 g/mol. The summed E-state index contributed by atoms with van der Waals surface area (Å²) in [7, 11) is -2.45. The van der Waals surface area contributed by atoms with Crippen molar-refractivity contribution in [3.05, 3.63) is 83.9 Å². The van der Waals surface area contributed by atoms with Gasteiger partial charge in [-0.25, -0.2) is 13.6 Å². The second-order valence-electron chi connectivity index (χ2n) is 7.77. The first-order valence-electron chi connectivity index (χ1n) is 11.2. The fourth-order valence-corrected chi connectivity index (χ4v) is 4.37. The van der Waals surface area contributed by atoms with Crippen LogP contribution < -0.4 is 19.3 Å². The summed E-state index contributed by atoms with van der Waals surface area (Å²) in [5, 5.41) is 5.37. The van der Waals surface area contributed by atoms with Gasteiger partial charge in [-0.2, -0.15) is 0 Å². The van der Waals surface area contributed by atoms with Gasteiger partial charge in [0.15, 0.2) is 11.5 Å². The molecular formula is C26H32N2O5S. The van der Waals surface area contributed by atoms with E-state index in [9.17, 15) is 8.42 Å². The topological polar surface area (TPSA) is 91.1 Å². The normalized spacial score (nSPS) is 11.4. The number of para-hydroxylation sites is 2. The van der Waals surface area contributed by atoms with Crippen molar-refractivity contribution in [2.75, 3.05) is 33.4 Å². The van der Waals surface area contributed by atoms with E-state index in [4.69, 9.17) is 19.3 Å². The maximum Gasteiger partial charge on any atom is 0.241 e. The number of nitrogens with two attached hydrogens (primary N) is 1. The summed E-state index contributed by atoms with van der Waals surface area (Å²) in [6.07, 6.45) is 0.648. The Labute approximate surface area is 202 Å². The third kappa shape index (κ3) is 7.48. The molecule has 0 atom stereocenters. The van der Waals surface area contributed by atoms with Gasteiger partial charge in [-0.15, -0.1) is 0 Å². The van der Waals surface area contributed by atoms with Gasteiger partial charge in [0.1, 0.15) is 17.3 Å². The van der Waals surface area contributed by atoms with Crippen LogP contribution in [0.3, 0.4) is 0 Å². The molecule has 7 nitrogen and oxygen atoms in total. The number of rotatable bonds is 13. The van der Waals surface area contributed by atoms with Crippen molar-refractivity contribution in [1.82, 2.24) is 4.90 Å². The number of ether oxygens (including phenoxy) is 3. The Morgan fingerprint density at radius 3 is 2.15 bits per heavy atom. The molecule has 34 heavy (non-hydrogen) atoms. The van der Waals surface area contributed by atoms with Crippen molar-refractivity contribution in [1.29, 1.82) is 0 Å². The van der Waals surface area contributed by atoms with Crippen molar-refractivity contribution < 1.29 is 22.6 Å². The lowest BCUT2D eigenvalue weighted by Crippen LogP contribution is -2.30. The summed E-state index contributed by atoms with van der Waals surface area (Å²) in [5.74, 6) is 1.69. The van der Waals surface area contributed by atoms with Gasteiger partial charge < -0.3 is 14.2 Å². The van der Waals surface area contributed by atoms with Crippen LogP contribution in [-0.2, 0) is 23.0 Å². The second kappa shape index (κ2) is 12.4. The summed E-state index contributed by atoms with van der Waals surface area (Å²) in [5.41, 5.74) is 2.06. The van der Waals surface area contributed by atoms with E-state index in [1.165, 1.54) is 12.7 Å². The van der Waals surface area contributed by atoms with Gasteiger partial charge in [-0.1, -0.05) is 48.5 Å². The van der Waals surface area contributed by atoms with Crippen LogP contribution in [0.15, 0.2) is 77.7 Å². The van der Waals surface area contributed by atoms with Gasteiger partial charge in [-0.3, -0.25) is 4.90 Å². The zero-order valence-electron chi connectivity index (χ0n) is 19.6. The summed E-state index contributed by atoms with van der Waals surface area (Å²) in [4.78, 5) is 2.28. The highest BCUT2D eigenvalue weighted by molar-refractivity contribution is 7.89. The highest BCUT2D eigenvalue weighted by Crippen LogP contribution is 2.26. The van der Waals surface area contributed by atoms with E-state index in [0.717, 1.165) is 23.6 Å². The zero-order valence-corrected chi connectivity index (χ0v) is 20.5. The minimum atomic E-state index is -3.88. The molecule has 0 amide bonds. The molecule has 3 rings (SSSR count). The molecule has 0 fully saturated rings. The molecule has 0 aromatic heterocycles. The largest absolute Gasteiger partial charge is 0.495 e. The number of methoxy groups -OCH3 is 1. The van der Waals surface area contributed by atoms with Crippen molar-refractivity contribution in [2.45, 2.75) is 24.8 Å².